The van der Waals surface area contributed by atoms with E-state index in [1.807, 2.05) is 4.90 Å². The summed E-state index contributed by atoms with van der Waals surface area (Å²) in [6.07, 6.45) is 6.66. The Morgan fingerprint density at radius 3 is 2.92 bits per heavy atom. The van der Waals surface area contributed by atoms with Crippen molar-refractivity contribution in [3.05, 3.63) is 0 Å². The molecule has 0 unspecified atom stereocenters. The standard InChI is InChI=1S/C10H19NO/c1-2-3-8-11-9-6-4-5-7-10(11)12/h2-9H2,1H3. The summed E-state index contributed by atoms with van der Waals surface area (Å²) in [5.74, 6) is 0.376. The van der Waals surface area contributed by atoms with E-state index in [1.54, 1.807) is 0 Å². The van der Waals surface area contributed by atoms with E-state index in [0.717, 1.165) is 32.4 Å². The third-order valence-corrected chi connectivity index (χ3v) is 2.45. The topological polar surface area (TPSA) is 20.3 Å². The van der Waals surface area contributed by atoms with E-state index in [-0.39, 0.29) is 0 Å². The second kappa shape index (κ2) is 5.18. The molecule has 0 atom stereocenters. The summed E-state index contributed by atoms with van der Waals surface area (Å²) in [7, 11) is 0. The van der Waals surface area contributed by atoms with Crippen LogP contribution in [0.5, 0.6) is 0 Å². The molecule has 1 saturated heterocycles. The fourth-order valence-electron chi connectivity index (χ4n) is 1.62. The van der Waals surface area contributed by atoms with E-state index < -0.39 is 0 Å². The predicted octanol–water partition coefficient (Wildman–Crippen LogP) is 2.19. The van der Waals surface area contributed by atoms with Crippen molar-refractivity contribution in [3.8, 4) is 0 Å². The van der Waals surface area contributed by atoms with E-state index in [9.17, 15) is 4.79 Å². The lowest BCUT2D eigenvalue weighted by molar-refractivity contribution is -0.130. The van der Waals surface area contributed by atoms with Gasteiger partial charge in [0.25, 0.3) is 0 Å². The van der Waals surface area contributed by atoms with Crippen LogP contribution < -0.4 is 0 Å². The second-order valence-corrected chi connectivity index (χ2v) is 3.55. The molecule has 0 spiro atoms. The molecule has 0 radical (unpaired) electrons. The minimum atomic E-state index is 0.376. The minimum Gasteiger partial charge on any atom is -0.343 e. The summed E-state index contributed by atoms with van der Waals surface area (Å²) in [6.45, 7) is 4.15. The van der Waals surface area contributed by atoms with Crippen molar-refractivity contribution in [1.29, 1.82) is 0 Å². The molecular formula is C10H19NO. The molecule has 2 nitrogen and oxygen atoms in total. The van der Waals surface area contributed by atoms with Gasteiger partial charge < -0.3 is 4.90 Å². The Labute approximate surface area is 74.9 Å². The van der Waals surface area contributed by atoms with Gasteiger partial charge in [-0.05, 0) is 19.3 Å². The van der Waals surface area contributed by atoms with Crippen molar-refractivity contribution in [2.75, 3.05) is 13.1 Å². The average molecular weight is 169 g/mol. The first-order chi connectivity index (χ1) is 5.84. The maximum atomic E-state index is 11.4. The molecule has 0 bridgehead atoms. The molecule has 1 aliphatic heterocycles. The molecule has 2 heteroatoms. The zero-order chi connectivity index (χ0) is 8.81. The largest absolute Gasteiger partial charge is 0.343 e. The van der Waals surface area contributed by atoms with Crippen molar-refractivity contribution in [1.82, 2.24) is 4.90 Å². The Bertz CT molecular complexity index is 145. The van der Waals surface area contributed by atoms with Gasteiger partial charge in [0.05, 0.1) is 0 Å². The number of carbonyl (C=O) groups is 1. The molecule has 0 saturated carbocycles. The van der Waals surface area contributed by atoms with Crippen LogP contribution in [0.25, 0.3) is 0 Å². The van der Waals surface area contributed by atoms with E-state index >= 15 is 0 Å². The molecular weight excluding hydrogens is 150 g/mol. The van der Waals surface area contributed by atoms with Gasteiger partial charge in [0, 0.05) is 19.5 Å². The highest BCUT2D eigenvalue weighted by Crippen LogP contribution is 2.11. The number of carbonyl (C=O) groups excluding carboxylic acids is 1. The lowest BCUT2D eigenvalue weighted by Crippen LogP contribution is -2.31. The Balaban J connectivity index is 2.31. The summed E-state index contributed by atoms with van der Waals surface area (Å²) in [6, 6.07) is 0. The fraction of sp³-hybridized carbons (Fsp3) is 0.900. The van der Waals surface area contributed by atoms with Crippen molar-refractivity contribution < 1.29 is 4.79 Å². The van der Waals surface area contributed by atoms with Gasteiger partial charge in [0.15, 0.2) is 0 Å². The smallest absolute Gasteiger partial charge is 0.222 e. The lowest BCUT2D eigenvalue weighted by Gasteiger charge is -2.19. The van der Waals surface area contributed by atoms with Gasteiger partial charge >= 0.3 is 0 Å². The van der Waals surface area contributed by atoms with E-state index in [2.05, 4.69) is 6.92 Å². The third-order valence-electron chi connectivity index (χ3n) is 2.45. The SMILES string of the molecule is CCCCN1CCCCCC1=O. The van der Waals surface area contributed by atoms with Gasteiger partial charge in [-0.3, -0.25) is 4.79 Å². The third kappa shape index (κ3) is 2.84. The highest BCUT2D eigenvalue weighted by Gasteiger charge is 2.14. The summed E-state index contributed by atoms with van der Waals surface area (Å²) in [5.41, 5.74) is 0. The van der Waals surface area contributed by atoms with Gasteiger partial charge in [-0.25, -0.2) is 0 Å². The number of likely N-dealkylation sites (tertiary alicyclic amines) is 1. The Morgan fingerprint density at radius 1 is 1.33 bits per heavy atom. The number of hydrogen-bond acceptors (Lipinski definition) is 1. The zero-order valence-electron chi connectivity index (χ0n) is 8.01. The van der Waals surface area contributed by atoms with Crippen molar-refractivity contribution in [2.24, 2.45) is 0 Å². The van der Waals surface area contributed by atoms with Gasteiger partial charge in [0.2, 0.25) is 5.91 Å². The molecule has 70 valence electrons. The molecule has 0 aliphatic carbocycles. The molecule has 12 heavy (non-hydrogen) atoms. The first kappa shape index (κ1) is 9.56. The number of nitrogens with zero attached hydrogens (tertiary/aromatic N) is 1. The van der Waals surface area contributed by atoms with E-state index in [0.29, 0.717) is 5.91 Å². The van der Waals surface area contributed by atoms with Crippen LogP contribution in [-0.2, 0) is 4.79 Å². The van der Waals surface area contributed by atoms with Crippen LogP contribution in [0, 0.1) is 0 Å². The van der Waals surface area contributed by atoms with Gasteiger partial charge in [-0.2, -0.15) is 0 Å². The number of amides is 1. The maximum absolute atomic E-state index is 11.4. The molecule has 1 amide bonds. The molecule has 1 rings (SSSR count). The highest BCUT2D eigenvalue weighted by molar-refractivity contribution is 5.76. The van der Waals surface area contributed by atoms with E-state index in [4.69, 9.17) is 0 Å². The molecule has 1 heterocycles. The predicted molar refractivity (Wildman–Crippen MR) is 50.0 cm³/mol. The quantitative estimate of drug-likeness (QED) is 0.634. The Kier molecular flexibility index (Phi) is 4.12. The van der Waals surface area contributed by atoms with Gasteiger partial charge in [0.1, 0.15) is 0 Å². The monoisotopic (exact) mass is 169 g/mol. The fourth-order valence-corrected chi connectivity index (χ4v) is 1.62. The van der Waals surface area contributed by atoms with Crippen molar-refractivity contribution >= 4 is 5.91 Å². The summed E-state index contributed by atoms with van der Waals surface area (Å²) in [4.78, 5) is 13.5. The Hall–Kier alpha value is -0.530. The zero-order valence-corrected chi connectivity index (χ0v) is 8.01. The molecule has 0 aromatic heterocycles. The molecule has 0 aromatic rings. The Morgan fingerprint density at radius 2 is 2.17 bits per heavy atom. The molecule has 1 fully saturated rings. The normalized spacial score (nSPS) is 19.4. The molecule has 1 aliphatic rings. The van der Waals surface area contributed by atoms with E-state index in [1.165, 1.54) is 19.3 Å². The lowest BCUT2D eigenvalue weighted by atomic mass is 10.2. The first-order valence-electron chi connectivity index (χ1n) is 5.12. The van der Waals surface area contributed by atoms with Crippen LogP contribution in [0.1, 0.15) is 45.4 Å². The molecule has 0 aromatic carbocycles. The van der Waals surface area contributed by atoms with Crippen LogP contribution in [0.15, 0.2) is 0 Å². The van der Waals surface area contributed by atoms with Crippen molar-refractivity contribution in [2.45, 2.75) is 45.4 Å². The van der Waals surface area contributed by atoms with Crippen LogP contribution in [0.2, 0.25) is 0 Å². The summed E-state index contributed by atoms with van der Waals surface area (Å²) < 4.78 is 0. The number of rotatable bonds is 3. The van der Waals surface area contributed by atoms with Gasteiger partial charge in [-0.15, -0.1) is 0 Å². The van der Waals surface area contributed by atoms with Crippen LogP contribution in [0.3, 0.4) is 0 Å². The number of hydrogen-bond donors (Lipinski definition) is 0. The molecule has 0 N–H and O–H groups in total. The maximum Gasteiger partial charge on any atom is 0.222 e. The van der Waals surface area contributed by atoms with Crippen LogP contribution >= 0.6 is 0 Å². The highest BCUT2D eigenvalue weighted by atomic mass is 16.2. The van der Waals surface area contributed by atoms with Crippen LogP contribution in [-0.4, -0.2) is 23.9 Å². The number of unbranched alkanes of at least 4 members (excludes halogenated alkanes) is 1. The van der Waals surface area contributed by atoms with Gasteiger partial charge in [-0.1, -0.05) is 19.8 Å². The first-order valence-corrected chi connectivity index (χ1v) is 5.12. The summed E-state index contributed by atoms with van der Waals surface area (Å²) >= 11 is 0. The minimum absolute atomic E-state index is 0.376. The summed E-state index contributed by atoms with van der Waals surface area (Å²) in [5, 5.41) is 0. The average Bonchev–Trinajstić information content (AvgIpc) is 2.27. The van der Waals surface area contributed by atoms with Crippen LogP contribution in [0.4, 0.5) is 0 Å². The van der Waals surface area contributed by atoms with Crippen molar-refractivity contribution in [3.63, 3.8) is 0 Å². The second-order valence-electron chi connectivity index (χ2n) is 3.55.